The second-order valence-corrected chi connectivity index (χ2v) is 5.98. The number of hydrogen-bond acceptors (Lipinski definition) is 1. The van der Waals surface area contributed by atoms with E-state index in [1.807, 2.05) is 36.4 Å². The first-order chi connectivity index (χ1) is 10.2. The van der Waals surface area contributed by atoms with E-state index < -0.39 is 0 Å². The molecule has 0 heterocycles. The topological polar surface area (TPSA) is 29.1 Å². The van der Waals surface area contributed by atoms with Crippen LogP contribution in [0.3, 0.4) is 0 Å². The van der Waals surface area contributed by atoms with E-state index in [9.17, 15) is 4.79 Å². The van der Waals surface area contributed by atoms with Gasteiger partial charge in [0.1, 0.15) is 0 Å². The molecule has 0 saturated heterocycles. The zero-order chi connectivity index (χ0) is 14.7. The molecular formula is C19H21NO. The molecular weight excluding hydrogens is 258 g/mol. The summed E-state index contributed by atoms with van der Waals surface area (Å²) in [6, 6.07) is 20.6. The van der Waals surface area contributed by atoms with E-state index in [1.54, 1.807) is 0 Å². The summed E-state index contributed by atoms with van der Waals surface area (Å²) < 4.78 is 0. The summed E-state index contributed by atoms with van der Waals surface area (Å²) in [7, 11) is 0. The molecule has 3 unspecified atom stereocenters. The van der Waals surface area contributed by atoms with E-state index in [1.165, 1.54) is 11.1 Å². The summed E-state index contributed by atoms with van der Waals surface area (Å²) in [5.74, 6) is 0.956. The Balaban J connectivity index is 1.76. The molecule has 0 radical (unpaired) electrons. The number of nitrogens with one attached hydrogen (secondary N) is 1. The maximum Gasteiger partial charge on any atom is 0.223 e. The Morgan fingerprint density at radius 1 is 1.10 bits per heavy atom. The lowest BCUT2D eigenvalue weighted by molar-refractivity contribution is -0.123. The third-order valence-corrected chi connectivity index (χ3v) is 4.25. The van der Waals surface area contributed by atoms with Crippen molar-refractivity contribution in [2.24, 2.45) is 11.8 Å². The van der Waals surface area contributed by atoms with Gasteiger partial charge >= 0.3 is 0 Å². The molecule has 108 valence electrons. The van der Waals surface area contributed by atoms with E-state index in [0.29, 0.717) is 5.92 Å². The second-order valence-electron chi connectivity index (χ2n) is 5.98. The first kappa shape index (κ1) is 13.9. The van der Waals surface area contributed by atoms with Crippen molar-refractivity contribution in [1.82, 2.24) is 5.32 Å². The molecule has 0 aliphatic heterocycles. The molecule has 2 heteroatoms. The molecule has 2 aromatic carbocycles. The molecule has 1 aliphatic carbocycles. The highest BCUT2D eigenvalue weighted by atomic mass is 16.2. The van der Waals surface area contributed by atoms with Crippen molar-refractivity contribution in [2.75, 3.05) is 0 Å². The maximum atomic E-state index is 12.3. The quantitative estimate of drug-likeness (QED) is 0.887. The van der Waals surface area contributed by atoms with Crippen LogP contribution in [0.5, 0.6) is 0 Å². The largest absolute Gasteiger partial charge is 0.349 e. The normalized spacial score (nSPS) is 21.6. The number of benzene rings is 2. The highest BCUT2D eigenvalue weighted by molar-refractivity contribution is 5.81. The summed E-state index contributed by atoms with van der Waals surface area (Å²) in [6.45, 7) is 2.14. The third-order valence-electron chi connectivity index (χ3n) is 4.25. The first-order valence-corrected chi connectivity index (χ1v) is 7.63. The van der Waals surface area contributed by atoms with E-state index in [-0.39, 0.29) is 17.9 Å². The van der Waals surface area contributed by atoms with E-state index >= 15 is 0 Å². The Bertz CT molecular complexity index is 593. The molecule has 1 aliphatic rings. The van der Waals surface area contributed by atoms with Crippen molar-refractivity contribution in [2.45, 2.75) is 25.8 Å². The molecule has 3 rings (SSSR count). The number of carbonyl (C=O) groups is 1. The minimum absolute atomic E-state index is 0.0499. The highest BCUT2D eigenvalue weighted by Crippen LogP contribution is 2.38. The van der Waals surface area contributed by atoms with Crippen LogP contribution in [0.15, 0.2) is 60.7 Å². The van der Waals surface area contributed by atoms with Gasteiger partial charge in [-0.2, -0.15) is 0 Å². The Kier molecular flexibility index (Phi) is 4.05. The summed E-state index contributed by atoms with van der Waals surface area (Å²) in [6.07, 6.45) is 1.86. The van der Waals surface area contributed by atoms with Gasteiger partial charge in [-0.05, 0) is 29.9 Å². The summed E-state index contributed by atoms with van der Waals surface area (Å²) in [5, 5.41) is 3.24. The third kappa shape index (κ3) is 3.52. The van der Waals surface area contributed by atoms with Gasteiger partial charge in [0.05, 0.1) is 6.04 Å². The predicted molar refractivity (Wildman–Crippen MR) is 84.7 cm³/mol. The van der Waals surface area contributed by atoms with E-state index in [2.05, 4.69) is 36.5 Å². The predicted octanol–water partition coefficient (Wildman–Crippen LogP) is 3.74. The first-order valence-electron chi connectivity index (χ1n) is 7.63. The Labute approximate surface area is 126 Å². The highest BCUT2D eigenvalue weighted by Gasteiger charge is 2.39. The second kappa shape index (κ2) is 6.13. The monoisotopic (exact) mass is 279 g/mol. The van der Waals surface area contributed by atoms with Crippen molar-refractivity contribution in [1.29, 1.82) is 0 Å². The van der Waals surface area contributed by atoms with Gasteiger partial charge in [-0.3, -0.25) is 4.79 Å². The molecule has 2 aromatic rings. The minimum atomic E-state index is 0.0499. The van der Waals surface area contributed by atoms with Gasteiger partial charge in [0.25, 0.3) is 0 Å². The average Bonchev–Trinajstić information content (AvgIpc) is 3.26. The molecule has 1 saturated carbocycles. The lowest BCUT2D eigenvalue weighted by Crippen LogP contribution is -2.31. The van der Waals surface area contributed by atoms with E-state index in [0.717, 1.165) is 12.8 Å². The van der Waals surface area contributed by atoms with Gasteiger partial charge in [-0.1, -0.05) is 67.6 Å². The van der Waals surface area contributed by atoms with Crippen LogP contribution >= 0.6 is 0 Å². The van der Waals surface area contributed by atoms with Gasteiger partial charge in [0.2, 0.25) is 5.91 Å². The average molecular weight is 279 g/mol. The zero-order valence-corrected chi connectivity index (χ0v) is 12.3. The fraction of sp³-hybridized carbons (Fsp3) is 0.316. The standard InChI is InChI=1S/C19H21NO/c1-14-12-17(14)19(21)20-18(16-10-6-3-7-11-16)13-15-8-4-2-5-9-15/h2-11,14,17-18H,12-13H2,1H3,(H,20,21). The van der Waals surface area contributed by atoms with Gasteiger partial charge in [-0.15, -0.1) is 0 Å². The number of carbonyl (C=O) groups excluding carboxylic acids is 1. The van der Waals surface area contributed by atoms with Crippen LogP contribution in [-0.4, -0.2) is 5.91 Å². The molecule has 2 nitrogen and oxygen atoms in total. The van der Waals surface area contributed by atoms with Crippen LogP contribution in [0.4, 0.5) is 0 Å². The fourth-order valence-electron chi connectivity index (χ4n) is 2.75. The lowest BCUT2D eigenvalue weighted by atomic mass is 9.98. The number of hydrogen-bond donors (Lipinski definition) is 1. The molecule has 0 spiro atoms. The van der Waals surface area contributed by atoms with Gasteiger partial charge in [0.15, 0.2) is 0 Å². The maximum absolute atomic E-state index is 12.3. The van der Waals surface area contributed by atoms with Crippen molar-refractivity contribution in [3.05, 3.63) is 71.8 Å². The van der Waals surface area contributed by atoms with Crippen molar-refractivity contribution < 1.29 is 4.79 Å². The zero-order valence-electron chi connectivity index (χ0n) is 12.3. The molecule has 21 heavy (non-hydrogen) atoms. The van der Waals surface area contributed by atoms with E-state index in [4.69, 9.17) is 0 Å². The Morgan fingerprint density at radius 3 is 2.24 bits per heavy atom. The van der Waals surface area contributed by atoms with Crippen molar-refractivity contribution in [3.63, 3.8) is 0 Å². The Morgan fingerprint density at radius 2 is 1.67 bits per heavy atom. The molecule has 0 aromatic heterocycles. The van der Waals surface area contributed by atoms with Gasteiger partial charge in [0, 0.05) is 5.92 Å². The Hall–Kier alpha value is -2.09. The molecule has 0 bridgehead atoms. The molecule has 1 fully saturated rings. The van der Waals surface area contributed by atoms with Crippen LogP contribution in [0.1, 0.15) is 30.5 Å². The molecule has 1 amide bonds. The summed E-state index contributed by atoms with van der Waals surface area (Å²) in [5.41, 5.74) is 2.42. The number of rotatable bonds is 5. The van der Waals surface area contributed by atoms with Crippen LogP contribution in [0.25, 0.3) is 0 Å². The van der Waals surface area contributed by atoms with Crippen LogP contribution in [-0.2, 0) is 11.2 Å². The number of amides is 1. The molecule has 3 atom stereocenters. The lowest BCUT2D eigenvalue weighted by Gasteiger charge is -2.19. The van der Waals surface area contributed by atoms with Gasteiger partial charge in [-0.25, -0.2) is 0 Å². The molecule has 1 N–H and O–H groups in total. The smallest absolute Gasteiger partial charge is 0.223 e. The van der Waals surface area contributed by atoms with Crippen molar-refractivity contribution in [3.8, 4) is 0 Å². The fourth-order valence-corrected chi connectivity index (χ4v) is 2.75. The SMILES string of the molecule is CC1CC1C(=O)NC(Cc1ccccc1)c1ccccc1. The van der Waals surface area contributed by atoms with Crippen LogP contribution < -0.4 is 5.32 Å². The minimum Gasteiger partial charge on any atom is -0.349 e. The van der Waals surface area contributed by atoms with Gasteiger partial charge < -0.3 is 5.32 Å². The summed E-state index contributed by atoms with van der Waals surface area (Å²) in [4.78, 5) is 12.3. The van der Waals surface area contributed by atoms with Crippen molar-refractivity contribution >= 4 is 5.91 Å². The van der Waals surface area contributed by atoms with Crippen LogP contribution in [0.2, 0.25) is 0 Å². The van der Waals surface area contributed by atoms with Crippen LogP contribution in [0, 0.1) is 11.8 Å². The summed E-state index contributed by atoms with van der Waals surface area (Å²) >= 11 is 0.